The van der Waals surface area contributed by atoms with Crippen LogP contribution in [-0.2, 0) is 0 Å². The van der Waals surface area contributed by atoms with E-state index in [9.17, 15) is 4.79 Å². The van der Waals surface area contributed by atoms with Crippen molar-refractivity contribution in [1.82, 2.24) is 15.5 Å². The van der Waals surface area contributed by atoms with Crippen LogP contribution in [0.5, 0.6) is 0 Å². The average Bonchev–Trinajstić information content (AvgIpc) is 3.04. The maximum absolute atomic E-state index is 12.0. The summed E-state index contributed by atoms with van der Waals surface area (Å²) in [7, 11) is 0. The summed E-state index contributed by atoms with van der Waals surface area (Å²) in [5.74, 6) is -0.0891. The molecular formula is C12H20N4OS2. The lowest BCUT2D eigenvalue weighted by atomic mass is 10.2. The molecule has 7 heteroatoms. The lowest BCUT2D eigenvalue weighted by Gasteiger charge is -2.10. The molecule has 0 bridgehead atoms. The first-order chi connectivity index (χ1) is 9.22. The normalized spacial score (nSPS) is 22.4. The molecule has 1 heterocycles. The maximum Gasteiger partial charge on any atom is 0.282 e. The summed E-state index contributed by atoms with van der Waals surface area (Å²) < 4.78 is 0. The molecule has 1 fully saturated rings. The number of carbonyl (C=O) groups is 1. The predicted octanol–water partition coefficient (Wildman–Crippen LogP) is 2.37. The Morgan fingerprint density at radius 1 is 1.47 bits per heavy atom. The quantitative estimate of drug-likeness (QED) is 0.844. The van der Waals surface area contributed by atoms with Crippen LogP contribution >= 0.6 is 23.1 Å². The number of anilines is 1. The Morgan fingerprint density at radius 3 is 3.00 bits per heavy atom. The monoisotopic (exact) mass is 300 g/mol. The van der Waals surface area contributed by atoms with Crippen LogP contribution in [0.15, 0.2) is 0 Å². The van der Waals surface area contributed by atoms with Crippen molar-refractivity contribution in [2.75, 3.05) is 18.1 Å². The zero-order valence-electron chi connectivity index (χ0n) is 11.3. The molecule has 2 unspecified atom stereocenters. The van der Waals surface area contributed by atoms with Crippen LogP contribution in [0.4, 0.5) is 5.13 Å². The maximum atomic E-state index is 12.0. The van der Waals surface area contributed by atoms with Crippen molar-refractivity contribution in [2.45, 2.75) is 43.9 Å². The third kappa shape index (κ3) is 4.07. The van der Waals surface area contributed by atoms with Gasteiger partial charge in [-0.2, -0.15) is 11.8 Å². The van der Waals surface area contributed by atoms with Crippen LogP contribution in [0, 0.1) is 0 Å². The highest BCUT2D eigenvalue weighted by molar-refractivity contribution is 7.99. The fraction of sp³-hybridized carbons (Fsp3) is 0.750. The Hall–Kier alpha value is -0.820. The Labute approximate surface area is 122 Å². The van der Waals surface area contributed by atoms with Crippen molar-refractivity contribution in [3.05, 3.63) is 5.01 Å². The number of nitrogens with zero attached hydrogens (tertiary/aromatic N) is 2. The Morgan fingerprint density at radius 2 is 2.32 bits per heavy atom. The summed E-state index contributed by atoms with van der Waals surface area (Å²) in [6, 6.07) is 0.293. The number of hydrogen-bond donors (Lipinski definition) is 2. The third-order valence-electron chi connectivity index (χ3n) is 3.20. The fourth-order valence-electron chi connectivity index (χ4n) is 2.15. The molecule has 1 amide bonds. The minimum absolute atomic E-state index is 0.0891. The van der Waals surface area contributed by atoms with Crippen LogP contribution in [0.3, 0.4) is 0 Å². The zero-order valence-corrected chi connectivity index (χ0v) is 12.9. The third-order valence-corrected chi connectivity index (χ3v) is 5.17. The molecule has 5 nitrogen and oxygen atoms in total. The zero-order chi connectivity index (χ0) is 13.7. The van der Waals surface area contributed by atoms with E-state index in [0.717, 1.165) is 30.9 Å². The highest BCUT2D eigenvalue weighted by Gasteiger charge is 2.26. The SMILES string of the molecule is CCCNc1nnc(C(=O)NC2CCC(SC)C2)s1. The molecule has 1 aromatic rings. The van der Waals surface area contributed by atoms with Gasteiger partial charge in [-0.3, -0.25) is 4.79 Å². The van der Waals surface area contributed by atoms with Crippen molar-refractivity contribution < 1.29 is 4.79 Å². The second kappa shape index (κ2) is 7.09. The van der Waals surface area contributed by atoms with Crippen molar-refractivity contribution in [3.8, 4) is 0 Å². The molecule has 1 aliphatic carbocycles. The molecule has 106 valence electrons. The molecule has 0 saturated heterocycles. The molecule has 1 saturated carbocycles. The number of nitrogens with one attached hydrogen (secondary N) is 2. The van der Waals surface area contributed by atoms with E-state index in [4.69, 9.17) is 0 Å². The van der Waals surface area contributed by atoms with Gasteiger partial charge in [0, 0.05) is 17.8 Å². The van der Waals surface area contributed by atoms with Gasteiger partial charge in [0.2, 0.25) is 10.1 Å². The van der Waals surface area contributed by atoms with E-state index < -0.39 is 0 Å². The first-order valence-electron chi connectivity index (χ1n) is 6.64. The highest BCUT2D eigenvalue weighted by Crippen LogP contribution is 2.28. The first kappa shape index (κ1) is 14.6. The largest absolute Gasteiger partial charge is 0.360 e. The van der Waals surface area contributed by atoms with E-state index in [1.54, 1.807) is 0 Å². The van der Waals surface area contributed by atoms with Gasteiger partial charge in [-0.15, -0.1) is 10.2 Å². The van der Waals surface area contributed by atoms with E-state index in [2.05, 4.69) is 34.0 Å². The minimum Gasteiger partial charge on any atom is -0.360 e. The smallest absolute Gasteiger partial charge is 0.282 e. The fourth-order valence-corrected chi connectivity index (χ4v) is 3.62. The molecule has 2 atom stereocenters. The number of amides is 1. The van der Waals surface area contributed by atoms with Crippen molar-refractivity contribution in [2.24, 2.45) is 0 Å². The van der Waals surface area contributed by atoms with Gasteiger partial charge in [0.05, 0.1) is 0 Å². The highest BCUT2D eigenvalue weighted by atomic mass is 32.2. The molecular weight excluding hydrogens is 280 g/mol. The molecule has 2 N–H and O–H groups in total. The summed E-state index contributed by atoms with van der Waals surface area (Å²) in [5.41, 5.74) is 0. The van der Waals surface area contributed by atoms with Gasteiger partial charge in [-0.05, 0) is 31.9 Å². The van der Waals surface area contributed by atoms with Gasteiger partial charge in [-0.25, -0.2) is 0 Å². The summed E-state index contributed by atoms with van der Waals surface area (Å²) in [4.78, 5) is 12.0. The lowest BCUT2D eigenvalue weighted by molar-refractivity contribution is 0.0937. The van der Waals surface area contributed by atoms with Gasteiger partial charge in [0.25, 0.3) is 5.91 Å². The summed E-state index contributed by atoms with van der Waals surface area (Å²) in [6.45, 7) is 2.94. The minimum atomic E-state index is -0.0891. The predicted molar refractivity (Wildman–Crippen MR) is 81.1 cm³/mol. The Balaban J connectivity index is 1.84. The summed E-state index contributed by atoms with van der Waals surface area (Å²) in [5, 5.41) is 16.0. The molecule has 0 aromatic carbocycles. The molecule has 2 rings (SSSR count). The van der Waals surface area contributed by atoms with Gasteiger partial charge in [0.15, 0.2) is 0 Å². The van der Waals surface area contributed by atoms with Crippen LogP contribution in [0.2, 0.25) is 0 Å². The van der Waals surface area contributed by atoms with Gasteiger partial charge in [-0.1, -0.05) is 18.3 Å². The van der Waals surface area contributed by atoms with Crippen LogP contribution in [0.25, 0.3) is 0 Å². The van der Waals surface area contributed by atoms with Gasteiger partial charge < -0.3 is 10.6 Å². The van der Waals surface area contributed by atoms with E-state index in [1.807, 2.05) is 11.8 Å². The number of thioether (sulfide) groups is 1. The number of carbonyl (C=O) groups excluding carboxylic acids is 1. The van der Waals surface area contributed by atoms with E-state index >= 15 is 0 Å². The number of aromatic nitrogens is 2. The van der Waals surface area contributed by atoms with Crippen LogP contribution < -0.4 is 10.6 Å². The molecule has 0 spiro atoms. The molecule has 1 aliphatic rings. The van der Waals surface area contributed by atoms with Crippen molar-refractivity contribution >= 4 is 34.1 Å². The van der Waals surface area contributed by atoms with E-state index in [-0.39, 0.29) is 5.91 Å². The van der Waals surface area contributed by atoms with Crippen molar-refractivity contribution in [1.29, 1.82) is 0 Å². The molecule has 19 heavy (non-hydrogen) atoms. The average molecular weight is 300 g/mol. The Bertz CT molecular complexity index is 424. The second-order valence-electron chi connectivity index (χ2n) is 4.68. The van der Waals surface area contributed by atoms with E-state index in [1.165, 1.54) is 17.8 Å². The van der Waals surface area contributed by atoms with Crippen molar-refractivity contribution in [3.63, 3.8) is 0 Å². The lowest BCUT2D eigenvalue weighted by Crippen LogP contribution is -2.33. The Kier molecular flexibility index (Phi) is 5.45. The van der Waals surface area contributed by atoms with Gasteiger partial charge >= 0.3 is 0 Å². The first-order valence-corrected chi connectivity index (χ1v) is 8.74. The summed E-state index contributed by atoms with van der Waals surface area (Å²) >= 11 is 3.21. The van der Waals surface area contributed by atoms with Gasteiger partial charge in [0.1, 0.15) is 0 Å². The summed E-state index contributed by atoms with van der Waals surface area (Å²) in [6.07, 6.45) is 6.47. The van der Waals surface area contributed by atoms with Crippen LogP contribution in [-0.4, -0.2) is 40.2 Å². The van der Waals surface area contributed by atoms with Crippen LogP contribution in [0.1, 0.15) is 42.4 Å². The molecule has 0 aliphatic heterocycles. The second-order valence-corrected chi connectivity index (χ2v) is 6.80. The number of rotatable bonds is 6. The number of hydrogen-bond acceptors (Lipinski definition) is 6. The molecule has 0 radical (unpaired) electrons. The van der Waals surface area contributed by atoms with E-state index in [0.29, 0.717) is 16.3 Å². The standard InChI is InChI=1S/C12H20N4OS2/c1-3-6-13-12-16-15-11(19-12)10(17)14-8-4-5-9(7-8)18-2/h8-9H,3-7H2,1-2H3,(H,13,16)(H,14,17). The molecule has 1 aromatic heterocycles. The topological polar surface area (TPSA) is 66.9 Å².